The van der Waals surface area contributed by atoms with Crippen LogP contribution in [0.4, 0.5) is 0 Å². The van der Waals surface area contributed by atoms with Gasteiger partial charge in [0.25, 0.3) is 5.91 Å². The maximum absolute atomic E-state index is 12.5. The summed E-state index contributed by atoms with van der Waals surface area (Å²) in [6, 6.07) is 5.24. The van der Waals surface area contributed by atoms with Gasteiger partial charge in [0, 0.05) is 19.1 Å². The second kappa shape index (κ2) is 7.51. The molecule has 1 aliphatic heterocycles. The van der Waals surface area contributed by atoms with Crippen molar-refractivity contribution in [1.29, 1.82) is 0 Å². The van der Waals surface area contributed by atoms with E-state index in [2.05, 4.69) is 0 Å². The highest BCUT2D eigenvalue weighted by Crippen LogP contribution is 2.28. The van der Waals surface area contributed by atoms with Gasteiger partial charge in [-0.1, -0.05) is 29.3 Å². The van der Waals surface area contributed by atoms with Gasteiger partial charge >= 0.3 is 0 Å². The molecule has 112 valence electrons. The van der Waals surface area contributed by atoms with Crippen LogP contribution in [0.3, 0.4) is 0 Å². The van der Waals surface area contributed by atoms with Crippen molar-refractivity contribution >= 4 is 41.5 Å². The SMILES string of the molecule is CC(N)C1CCCN(C(=O)c2cccc(Cl)c2Cl)C1.Cl. The van der Waals surface area contributed by atoms with Crippen molar-refractivity contribution in [2.24, 2.45) is 11.7 Å². The molecule has 3 nitrogen and oxygen atoms in total. The molecule has 0 saturated carbocycles. The molecule has 20 heavy (non-hydrogen) atoms. The fourth-order valence-electron chi connectivity index (χ4n) is 2.46. The first-order chi connectivity index (χ1) is 9.00. The van der Waals surface area contributed by atoms with Gasteiger partial charge < -0.3 is 10.6 Å². The van der Waals surface area contributed by atoms with E-state index < -0.39 is 0 Å². The highest BCUT2D eigenvalue weighted by molar-refractivity contribution is 6.43. The summed E-state index contributed by atoms with van der Waals surface area (Å²) < 4.78 is 0. The van der Waals surface area contributed by atoms with Gasteiger partial charge in [0.2, 0.25) is 0 Å². The minimum absolute atomic E-state index is 0. The molecule has 0 radical (unpaired) electrons. The highest BCUT2D eigenvalue weighted by Gasteiger charge is 2.27. The molecule has 2 unspecified atom stereocenters. The van der Waals surface area contributed by atoms with E-state index in [4.69, 9.17) is 28.9 Å². The summed E-state index contributed by atoms with van der Waals surface area (Å²) in [5.41, 5.74) is 6.41. The van der Waals surface area contributed by atoms with Crippen LogP contribution in [0.2, 0.25) is 10.0 Å². The molecule has 2 rings (SSSR count). The van der Waals surface area contributed by atoms with Crippen molar-refractivity contribution in [3.63, 3.8) is 0 Å². The van der Waals surface area contributed by atoms with Gasteiger partial charge in [0.05, 0.1) is 15.6 Å². The van der Waals surface area contributed by atoms with Crippen LogP contribution in [0.5, 0.6) is 0 Å². The quantitative estimate of drug-likeness (QED) is 0.896. The lowest BCUT2D eigenvalue weighted by atomic mass is 9.92. The molecule has 1 aromatic rings. The van der Waals surface area contributed by atoms with E-state index in [9.17, 15) is 4.79 Å². The van der Waals surface area contributed by atoms with E-state index in [0.717, 1.165) is 19.4 Å². The standard InChI is InChI=1S/C14H18Cl2N2O.ClH/c1-9(17)10-4-3-7-18(8-10)14(19)11-5-2-6-12(15)13(11)16;/h2,5-6,9-10H,3-4,7-8,17H2,1H3;1H. The number of carbonyl (C=O) groups excluding carboxylic acids is 1. The summed E-state index contributed by atoms with van der Waals surface area (Å²) >= 11 is 12.1. The summed E-state index contributed by atoms with van der Waals surface area (Å²) in [4.78, 5) is 14.3. The maximum Gasteiger partial charge on any atom is 0.255 e. The van der Waals surface area contributed by atoms with Crippen molar-refractivity contribution < 1.29 is 4.79 Å². The summed E-state index contributed by atoms with van der Waals surface area (Å²) in [7, 11) is 0. The molecule has 2 atom stereocenters. The predicted molar refractivity (Wildman–Crippen MR) is 86.0 cm³/mol. The van der Waals surface area contributed by atoms with Crippen molar-refractivity contribution in [1.82, 2.24) is 4.90 Å². The zero-order chi connectivity index (χ0) is 14.0. The average Bonchev–Trinajstić information content (AvgIpc) is 2.41. The van der Waals surface area contributed by atoms with Crippen LogP contribution in [0.15, 0.2) is 18.2 Å². The molecule has 0 aliphatic carbocycles. The molecule has 1 amide bonds. The number of hydrogen-bond donors (Lipinski definition) is 1. The predicted octanol–water partition coefficient (Wildman–Crippen LogP) is 3.61. The van der Waals surface area contributed by atoms with Gasteiger partial charge in [-0.2, -0.15) is 0 Å². The Balaban J connectivity index is 0.00000200. The number of piperidine rings is 1. The van der Waals surface area contributed by atoms with Crippen molar-refractivity contribution in [3.8, 4) is 0 Å². The van der Waals surface area contributed by atoms with E-state index >= 15 is 0 Å². The summed E-state index contributed by atoms with van der Waals surface area (Å²) in [5, 5.41) is 0.741. The first-order valence-electron chi connectivity index (χ1n) is 6.49. The van der Waals surface area contributed by atoms with Crippen LogP contribution < -0.4 is 5.73 Å². The number of benzene rings is 1. The Kier molecular flexibility index (Phi) is 6.59. The summed E-state index contributed by atoms with van der Waals surface area (Å²) in [5.74, 6) is 0.300. The van der Waals surface area contributed by atoms with Gasteiger partial charge in [-0.25, -0.2) is 0 Å². The molecule has 1 heterocycles. The third-order valence-corrected chi connectivity index (χ3v) is 4.49. The molecule has 2 N–H and O–H groups in total. The Bertz CT molecular complexity index is 479. The molecule has 1 saturated heterocycles. The van der Waals surface area contributed by atoms with Gasteiger partial charge in [0.1, 0.15) is 0 Å². The number of halogens is 3. The number of likely N-dealkylation sites (tertiary alicyclic amines) is 1. The third-order valence-electron chi connectivity index (χ3n) is 3.67. The van der Waals surface area contributed by atoms with Crippen LogP contribution in [0.1, 0.15) is 30.1 Å². The first-order valence-corrected chi connectivity index (χ1v) is 7.25. The van der Waals surface area contributed by atoms with E-state index in [-0.39, 0.29) is 24.4 Å². The Morgan fingerprint density at radius 2 is 2.15 bits per heavy atom. The number of nitrogens with zero attached hydrogens (tertiary/aromatic N) is 1. The fraction of sp³-hybridized carbons (Fsp3) is 0.500. The summed E-state index contributed by atoms with van der Waals surface area (Å²) in [6.07, 6.45) is 2.06. The zero-order valence-corrected chi connectivity index (χ0v) is 13.6. The minimum atomic E-state index is -0.0575. The number of nitrogens with two attached hydrogens (primary N) is 1. The van der Waals surface area contributed by atoms with Crippen molar-refractivity contribution in [2.45, 2.75) is 25.8 Å². The lowest BCUT2D eigenvalue weighted by Gasteiger charge is -2.34. The molecule has 1 aliphatic rings. The van der Waals surface area contributed by atoms with Crippen LogP contribution in [-0.2, 0) is 0 Å². The Morgan fingerprint density at radius 1 is 1.45 bits per heavy atom. The van der Waals surface area contributed by atoms with Crippen molar-refractivity contribution in [2.75, 3.05) is 13.1 Å². The number of rotatable bonds is 2. The highest BCUT2D eigenvalue weighted by atomic mass is 35.5. The zero-order valence-electron chi connectivity index (χ0n) is 11.3. The van der Waals surface area contributed by atoms with Crippen LogP contribution in [0, 0.1) is 5.92 Å². The Hall–Kier alpha value is -0.480. The monoisotopic (exact) mass is 336 g/mol. The molecular formula is C14H19Cl3N2O. The van der Waals surface area contributed by atoms with Gasteiger partial charge in [-0.15, -0.1) is 12.4 Å². The van der Waals surface area contributed by atoms with E-state index in [1.807, 2.05) is 11.8 Å². The van der Waals surface area contributed by atoms with Crippen LogP contribution in [0.25, 0.3) is 0 Å². The molecule has 6 heteroatoms. The molecule has 0 bridgehead atoms. The Morgan fingerprint density at radius 3 is 2.80 bits per heavy atom. The third kappa shape index (κ3) is 3.79. The van der Waals surface area contributed by atoms with Crippen molar-refractivity contribution in [3.05, 3.63) is 33.8 Å². The second-order valence-electron chi connectivity index (χ2n) is 5.11. The second-order valence-corrected chi connectivity index (χ2v) is 5.90. The number of amides is 1. The molecular weight excluding hydrogens is 319 g/mol. The topological polar surface area (TPSA) is 46.3 Å². The van der Waals surface area contributed by atoms with E-state index in [1.165, 1.54) is 0 Å². The summed E-state index contributed by atoms with van der Waals surface area (Å²) in [6.45, 7) is 3.44. The molecule has 0 spiro atoms. The first kappa shape index (κ1) is 17.6. The average molecular weight is 338 g/mol. The number of carbonyl (C=O) groups is 1. The van der Waals surface area contributed by atoms with Gasteiger partial charge in [-0.3, -0.25) is 4.79 Å². The van der Waals surface area contributed by atoms with Gasteiger partial charge in [-0.05, 0) is 37.8 Å². The molecule has 1 fully saturated rings. The normalized spacial score (nSPS) is 20.2. The van der Waals surface area contributed by atoms with Crippen LogP contribution in [-0.4, -0.2) is 29.9 Å². The molecule has 0 aromatic heterocycles. The van der Waals surface area contributed by atoms with E-state index in [0.29, 0.717) is 28.1 Å². The minimum Gasteiger partial charge on any atom is -0.338 e. The van der Waals surface area contributed by atoms with Gasteiger partial charge in [0.15, 0.2) is 0 Å². The van der Waals surface area contributed by atoms with Crippen LogP contribution >= 0.6 is 35.6 Å². The lowest BCUT2D eigenvalue weighted by Crippen LogP contribution is -2.45. The lowest BCUT2D eigenvalue weighted by molar-refractivity contribution is 0.0661. The Labute approximate surface area is 135 Å². The smallest absolute Gasteiger partial charge is 0.255 e. The van der Waals surface area contributed by atoms with E-state index in [1.54, 1.807) is 18.2 Å². The number of hydrogen-bond acceptors (Lipinski definition) is 2. The molecule has 1 aromatic carbocycles. The maximum atomic E-state index is 12.5. The largest absolute Gasteiger partial charge is 0.338 e. The fourth-order valence-corrected chi connectivity index (χ4v) is 2.84.